The zero-order chi connectivity index (χ0) is 21.5. The van der Waals surface area contributed by atoms with Crippen molar-refractivity contribution in [1.82, 2.24) is 10.5 Å². The highest BCUT2D eigenvalue weighted by Crippen LogP contribution is 2.36. The summed E-state index contributed by atoms with van der Waals surface area (Å²) in [4.78, 5) is 17.4. The second-order valence-electron chi connectivity index (χ2n) is 6.54. The molecule has 1 aromatic heterocycles. The molecule has 2 N–H and O–H groups in total. The number of para-hydroxylation sites is 1. The zero-order valence-electron chi connectivity index (χ0n) is 16.8. The quantitative estimate of drug-likeness (QED) is 0.335. The lowest BCUT2D eigenvalue weighted by molar-refractivity contribution is -0.129. The highest BCUT2D eigenvalue weighted by Gasteiger charge is 2.14. The van der Waals surface area contributed by atoms with E-state index in [2.05, 4.69) is 11.1 Å². The second-order valence-corrected chi connectivity index (χ2v) is 6.54. The van der Waals surface area contributed by atoms with Crippen molar-refractivity contribution in [3.63, 3.8) is 0 Å². The number of carbonyl (C=O) groups is 1. The van der Waals surface area contributed by atoms with E-state index < -0.39 is 5.91 Å². The van der Waals surface area contributed by atoms with Crippen LogP contribution in [0.1, 0.15) is 18.5 Å². The number of ether oxygens (including phenoxy) is 2. The van der Waals surface area contributed by atoms with Gasteiger partial charge in [-0.3, -0.25) is 10.0 Å². The molecule has 8 nitrogen and oxygen atoms in total. The fraction of sp³-hybridized carbons (Fsp3) is 0.227. The molecule has 3 aromatic rings. The van der Waals surface area contributed by atoms with Gasteiger partial charge in [-0.15, -0.1) is 0 Å². The number of nitriles is 1. The van der Waals surface area contributed by atoms with Crippen molar-refractivity contribution in [2.75, 3.05) is 25.7 Å². The minimum atomic E-state index is -0.461. The number of hydroxylamine groups is 1. The Morgan fingerprint density at radius 2 is 2.03 bits per heavy atom. The van der Waals surface area contributed by atoms with Crippen molar-refractivity contribution < 1.29 is 19.5 Å². The van der Waals surface area contributed by atoms with Crippen LogP contribution in [0.4, 0.5) is 11.4 Å². The summed E-state index contributed by atoms with van der Waals surface area (Å²) in [5, 5.41) is 18.8. The maximum absolute atomic E-state index is 11.1. The number of aromatic nitrogens is 1. The molecule has 30 heavy (non-hydrogen) atoms. The third-order valence-electron chi connectivity index (χ3n) is 4.64. The summed E-state index contributed by atoms with van der Waals surface area (Å²) in [6, 6.07) is 17.0. The monoisotopic (exact) mass is 406 g/mol. The molecule has 0 fully saturated rings. The average molecular weight is 406 g/mol. The number of pyridine rings is 1. The molecule has 0 aliphatic rings. The summed E-state index contributed by atoms with van der Waals surface area (Å²) < 4.78 is 11.2. The van der Waals surface area contributed by atoms with Crippen LogP contribution < -0.4 is 19.9 Å². The van der Waals surface area contributed by atoms with Gasteiger partial charge in [-0.05, 0) is 30.7 Å². The molecule has 0 bridgehead atoms. The molecule has 0 aliphatic carbocycles. The van der Waals surface area contributed by atoms with Gasteiger partial charge in [-0.1, -0.05) is 18.2 Å². The largest absolute Gasteiger partial charge is 0.493 e. The number of hydrogen-bond donors (Lipinski definition) is 2. The number of amides is 1. The smallest absolute Gasteiger partial charge is 0.243 e. The summed E-state index contributed by atoms with van der Waals surface area (Å²) in [6.45, 7) is 0.285. The Morgan fingerprint density at radius 1 is 1.23 bits per heavy atom. The van der Waals surface area contributed by atoms with E-state index in [1.807, 2.05) is 48.3 Å². The maximum atomic E-state index is 11.1. The van der Waals surface area contributed by atoms with E-state index in [1.165, 1.54) is 0 Å². The Balaban J connectivity index is 1.90. The van der Waals surface area contributed by atoms with Gasteiger partial charge in [0.1, 0.15) is 11.8 Å². The Morgan fingerprint density at radius 3 is 2.77 bits per heavy atom. The van der Waals surface area contributed by atoms with Crippen LogP contribution >= 0.6 is 0 Å². The first-order chi connectivity index (χ1) is 14.6. The van der Waals surface area contributed by atoms with Crippen LogP contribution in [-0.2, 0) is 4.79 Å². The van der Waals surface area contributed by atoms with Crippen LogP contribution in [0.5, 0.6) is 11.5 Å². The van der Waals surface area contributed by atoms with Gasteiger partial charge >= 0.3 is 0 Å². The Hall–Kier alpha value is -3.83. The van der Waals surface area contributed by atoms with E-state index in [-0.39, 0.29) is 13.0 Å². The number of rotatable bonds is 8. The molecule has 1 amide bonds. The molecule has 0 aliphatic heterocycles. The summed E-state index contributed by atoms with van der Waals surface area (Å²) in [5.74, 6) is 0.637. The highest BCUT2D eigenvalue weighted by molar-refractivity contribution is 5.94. The number of fused-ring (bicyclic) bond motifs is 1. The normalized spacial score (nSPS) is 10.3. The molecule has 154 valence electrons. The minimum absolute atomic E-state index is 0.151. The van der Waals surface area contributed by atoms with E-state index in [4.69, 9.17) is 14.7 Å². The van der Waals surface area contributed by atoms with Gasteiger partial charge in [0.2, 0.25) is 5.91 Å². The minimum Gasteiger partial charge on any atom is -0.493 e. The van der Waals surface area contributed by atoms with Crippen LogP contribution in [0.25, 0.3) is 10.9 Å². The van der Waals surface area contributed by atoms with E-state index in [0.29, 0.717) is 23.6 Å². The van der Waals surface area contributed by atoms with Gasteiger partial charge < -0.3 is 14.4 Å². The molecule has 1 heterocycles. The average Bonchev–Trinajstić information content (AvgIpc) is 2.80. The summed E-state index contributed by atoms with van der Waals surface area (Å²) >= 11 is 0. The van der Waals surface area contributed by atoms with Gasteiger partial charge in [0.25, 0.3) is 0 Å². The van der Waals surface area contributed by atoms with Gasteiger partial charge in [-0.2, -0.15) is 5.26 Å². The van der Waals surface area contributed by atoms with Crippen molar-refractivity contribution in [3.8, 4) is 17.6 Å². The van der Waals surface area contributed by atoms with Crippen LogP contribution in [0, 0.1) is 11.3 Å². The molecule has 0 unspecified atom stereocenters. The molecular weight excluding hydrogens is 384 g/mol. The lowest BCUT2D eigenvalue weighted by Crippen LogP contribution is -2.18. The van der Waals surface area contributed by atoms with Crippen LogP contribution in [-0.4, -0.2) is 36.9 Å². The molecule has 0 saturated heterocycles. The Kier molecular flexibility index (Phi) is 6.67. The maximum Gasteiger partial charge on any atom is 0.243 e. The highest BCUT2D eigenvalue weighted by atomic mass is 16.5. The molecule has 0 radical (unpaired) electrons. The van der Waals surface area contributed by atoms with Crippen molar-refractivity contribution in [3.05, 3.63) is 54.2 Å². The first-order valence-corrected chi connectivity index (χ1v) is 9.34. The van der Waals surface area contributed by atoms with Crippen LogP contribution in [0.3, 0.4) is 0 Å². The molecule has 0 atom stereocenters. The molecule has 3 rings (SSSR count). The number of nitrogens with one attached hydrogen (secondary N) is 1. The molecule has 8 heteroatoms. The standard InChI is InChI=1S/C22H22N4O4/c1-26(19-12-15(14-23)24-18-7-4-3-6-17(18)19)16-9-10-20(29-2)21(13-16)30-11-5-8-22(27)25-28/h3-4,6-7,9-10,12-13,28H,5,8,11H2,1-2H3,(H,25,27). The number of anilines is 2. The third kappa shape index (κ3) is 4.59. The van der Waals surface area contributed by atoms with Crippen molar-refractivity contribution in [2.24, 2.45) is 0 Å². The van der Waals surface area contributed by atoms with Gasteiger partial charge in [0.05, 0.1) is 24.9 Å². The van der Waals surface area contributed by atoms with E-state index in [9.17, 15) is 10.1 Å². The first-order valence-electron chi connectivity index (χ1n) is 9.34. The number of carbonyl (C=O) groups excluding carboxylic acids is 1. The summed E-state index contributed by atoms with van der Waals surface area (Å²) in [5.41, 5.74) is 4.35. The number of methoxy groups -OCH3 is 1. The van der Waals surface area contributed by atoms with E-state index >= 15 is 0 Å². The van der Waals surface area contributed by atoms with Gasteiger partial charge in [0.15, 0.2) is 11.5 Å². The molecular formula is C22H22N4O4. The fourth-order valence-electron chi connectivity index (χ4n) is 3.09. The number of nitrogens with zero attached hydrogens (tertiary/aromatic N) is 3. The molecule has 0 spiro atoms. The summed E-state index contributed by atoms with van der Waals surface area (Å²) in [7, 11) is 3.46. The predicted octanol–water partition coefficient (Wildman–Crippen LogP) is 3.55. The second kappa shape index (κ2) is 9.58. The molecule has 2 aromatic carbocycles. The lowest BCUT2D eigenvalue weighted by Gasteiger charge is -2.23. The Labute approximate surface area is 174 Å². The van der Waals surface area contributed by atoms with Gasteiger partial charge in [0, 0.05) is 30.6 Å². The number of hydrogen-bond acceptors (Lipinski definition) is 7. The van der Waals surface area contributed by atoms with Gasteiger partial charge in [-0.25, -0.2) is 10.5 Å². The third-order valence-corrected chi connectivity index (χ3v) is 4.64. The SMILES string of the molecule is COc1ccc(N(C)c2cc(C#N)nc3ccccc23)cc1OCCCC(=O)NO. The van der Waals surface area contributed by atoms with Crippen molar-refractivity contribution >= 4 is 28.2 Å². The Bertz CT molecular complexity index is 1090. The van der Waals surface area contributed by atoms with Crippen LogP contribution in [0.15, 0.2) is 48.5 Å². The summed E-state index contributed by atoms with van der Waals surface area (Å²) in [6.07, 6.45) is 0.592. The predicted molar refractivity (Wildman–Crippen MR) is 112 cm³/mol. The van der Waals surface area contributed by atoms with Crippen LogP contribution in [0.2, 0.25) is 0 Å². The number of benzene rings is 2. The van der Waals surface area contributed by atoms with Crippen molar-refractivity contribution in [2.45, 2.75) is 12.8 Å². The molecule has 0 saturated carbocycles. The topological polar surface area (TPSA) is 108 Å². The van der Waals surface area contributed by atoms with E-state index in [1.54, 1.807) is 24.7 Å². The first kappa shape index (κ1) is 20.9. The van der Waals surface area contributed by atoms with E-state index in [0.717, 1.165) is 22.3 Å². The van der Waals surface area contributed by atoms with Crippen molar-refractivity contribution in [1.29, 1.82) is 5.26 Å². The fourth-order valence-corrected chi connectivity index (χ4v) is 3.09. The zero-order valence-corrected chi connectivity index (χ0v) is 16.8. The lowest BCUT2D eigenvalue weighted by atomic mass is 10.1.